The van der Waals surface area contributed by atoms with E-state index in [1.54, 1.807) is 6.20 Å². The minimum atomic E-state index is 0.782. The zero-order valence-electron chi connectivity index (χ0n) is 10.2. The second kappa shape index (κ2) is 4.15. The Labute approximate surface area is 106 Å². The predicted octanol–water partition coefficient (Wildman–Crippen LogP) is 3.15. The van der Waals surface area contributed by atoms with Crippen molar-refractivity contribution in [1.82, 2.24) is 9.55 Å². The van der Waals surface area contributed by atoms with Crippen molar-refractivity contribution < 1.29 is 0 Å². The molecule has 0 fully saturated rings. The predicted molar refractivity (Wildman–Crippen MR) is 70.8 cm³/mol. The first-order valence-electron chi connectivity index (χ1n) is 6.03. The fourth-order valence-corrected chi connectivity index (χ4v) is 2.59. The van der Waals surface area contributed by atoms with Gasteiger partial charge in [-0.15, -0.1) is 0 Å². The molecular formula is C15H13N3. The van der Waals surface area contributed by atoms with E-state index in [1.807, 2.05) is 25.3 Å². The van der Waals surface area contributed by atoms with Gasteiger partial charge in [0.2, 0.25) is 0 Å². The van der Waals surface area contributed by atoms with Crippen molar-refractivity contribution in [3.63, 3.8) is 0 Å². The Bertz CT molecular complexity index is 657. The molecule has 0 aromatic carbocycles. The van der Waals surface area contributed by atoms with E-state index in [-0.39, 0.29) is 0 Å². The van der Waals surface area contributed by atoms with Crippen LogP contribution in [-0.4, -0.2) is 9.55 Å². The van der Waals surface area contributed by atoms with Crippen LogP contribution in [0.15, 0.2) is 30.6 Å². The van der Waals surface area contributed by atoms with Gasteiger partial charge in [-0.3, -0.25) is 4.98 Å². The first-order chi connectivity index (χ1) is 8.83. The second-order valence-electron chi connectivity index (χ2n) is 4.43. The molecule has 0 saturated heterocycles. The third-order valence-electron chi connectivity index (χ3n) is 3.39. The summed E-state index contributed by atoms with van der Waals surface area (Å²) in [5.41, 5.74) is 5.06. The molecule has 3 heterocycles. The van der Waals surface area contributed by atoms with Crippen molar-refractivity contribution in [1.29, 1.82) is 5.26 Å². The van der Waals surface area contributed by atoms with E-state index in [0.717, 1.165) is 41.0 Å². The average molecular weight is 235 g/mol. The highest BCUT2D eigenvalue weighted by atomic mass is 15.0. The van der Waals surface area contributed by atoms with Gasteiger partial charge in [0.25, 0.3) is 0 Å². The number of fused-ring (bicyclic) bond motifs is 1. The summed E-state index contributed by atoms with van der Waals surface area (Å²) >= 11 is 0. The number of hydrogen-bond acceptors (Lipinski definition) is 2. The van der Waals surface area contributed by atoms with Crippen LogP contribution in [0.5, 0.6) is 0 Å². The molecule has 88 valence electrons. The van der Waals surface area contributed by atoms with Crippen LogP contribution in [0.4, 0.5) is 0 Å². The highest BCUT2D eigenvalue weighted by Gasteiger charge is 2.20. The minimum absolute atomic E-state index is 0.782. The molecule has 1 aliphatic rings. The lowest BCUT2D eigenvalue weighted by Crippen LogP contribution is -2.05. The summed E-state index contributed by atoms with van der Waals surface area (Å²) in [6, 6.07) is 6.29. The van der Waals surface area contributed by atoms with Crippen molar-refractivity contribution in [3.8, 4) is 17.3 Å². The fraction of sp³-hybridized carbons (Fsp3) is 0.200. The lowest BCUT2D eigenvalue weighted by molar-refractivity contribution is 0.702. The van der Waals surface area contributed by atoms with Crippen LogP contribution in [0.3, 0.4) is 0 Å². The molecule has 18 heavy (non-hydrogen) atoms. The van der Waals surface area contributed by atoms with Gasteiger partial charge in [0.1, 0.15) is 6.07 Å². The second-order valence-corrected chi connectivity index (χ2v) is 4.43. The maximum atomic E-state index is 9.32. The van der Waals surface area contributed by atoms with E-state index < -0.39 is 0 Å². The highest BCUT2D eigenvalue weighted by Crippen LogP contribution is 2.33. The van der Waals surface area contributed by atoms with E-state index in [1.165, 1.54) is 0 Å². The summed E-state index contributed by atoms with van der Waals surface area (Å²) in [7, 11) is 0. The van der Waals surface area contributed by atoms with Gasteiger partial charge in [-0.25, -0.2) is 0 Å². The Morgan fingerprint density at radius 2 is 2.33 bits per heavy atom. The Balaban J connectivity index is 2.32. The first-order valence-corrected chi connectivity index (χ1v) is 6.03. The van der Waals surface area contributed by atoms with E-state index in [2.05, 4.69) is 27.8 Å². The molecule has 2 aromatic rings. The molecule has 2 aromatic heterocycles. The van der Waals surface area contributed by atoms with Gasteiger partial charge in [-0.2, -0.15) is 5.26 Å². The van der Waals surface area contributed by atoms with Crippen LogP contribution in [0.2, 0.25) is 0 Å². The maximum absolute atomic E-state index is 9.32. The van der Waals surface area contributed by atoms with Crippen LogP contribution in [0.1, 0.15) is 23.2 Å². The minimum Gasteiger partial charge on any atom is -0.339 e. The van der Waals surface area contributed by atoms with Crippen molar-refractivity contribution in [3.05, 3.63) is 47.4 Å². The van der Waals surface area contributed by atoms with Crippen LogP contribution in [0.25, 0.3) is 17.3 Å². The molecule has 1 aliphatic heterocycles. The first kappa shape index (κ1) is 10.8. The normalized spacial score (nSPS) is 13.1. The van der Waals surface area contributed by atoms with Crippen LogP contribution in [-0.2, 0) is 6.54 Å². The third kappa shape index (κ3) is 1.46. The van der Waals surface area contributed by atoms with Crippen molar-refractivity contribution in [2.45, 2.75) is 19.9 Å². The topological polar surface area (TPSA) is 41.6 Å². The molecule has 3 heteroatoms. The molecule has 3 rings (SSSR count). The summed E-state index contributed by atoms with van der Waals surface area (Å²) in [4.78, 5) is 4.17. The lowest BCUT2D eigenvalue weighted by atomic mass is 10.1. The standard InChI is InChI=1S/C15H13N3/c1-11-13(9-16)14-6-2-3-8-18(14)15(11)12-5-4-7-17-10-12/h2,4-7,10H,3,8H2,1H3. The SMILES string of the molecule is Cc1c(C#N)c2n(c1-c1cccnc1)CCC=C2. The summed E-state index contributed by atoms with van der Waals surface area (Å²) < 4.78 is 2.23. The van der Waals surface area contributed by atoms with E-state index in [9.17, 15) is 5.26 Å². The van der Waals surface area contributed by atoms with Gasteiger partial charge in [-0.1, -0.05) is 6.08 Å². The van der Waals surface area contributed by atoms with Gasteiger partial charge >= 0.3 is 0 Å². The van der Waals surface area contributed by atoms with Gasteiger partial charge in [0.05, 0.1) is 17.0 Å². The fourth-order valence-electron chi connectivity index (χ4n) is 2.59. The maximum Gasteiger partial charge on any atom is 0.102 e. The van der Waals surface area contributed by atoms with E-state index >= 15 is 0 Å². The average Bonchev–Trinajstić information content (AvgIpc) is 2.71. The Morgan fingerprint density at radius 3 is 3.06 bits per heavy atom. The van der Waals surface area contributed by atoms with Crippen LogP contribution in [0, 0.1) is 18.3 Å². The number of nitrogens with zero attached hydrogens (tertiary/aromatic N) is 3. The summed E-state index contributed by atoms with van der Waals surface area (Å²) in [6.45, 7) is 2.94. The summed E-state index contributed by atoms with van der Waals surface area (Å²) in [6.07, 6.45) is 8.82. The van der Waals surface area contributed by atoms with Crippen LogP contribution >= 0.6 is 0 Å². The van der Waals surface area contributed by atoms with Crippen molar-refractivity contribution in [2.24, 2.45) is 0 Å². The van der Waals surface area contributed by atoms with Crippen molar-refractivity contribution >= 4 is 6.08 Å². The number of aromatic nitrogens is 2. The number of nitriles is 1. The van der Waals surface area contributed by atoms with Gasteiger partial charge in [-0.05, 0) is 37.1 Å². The molecule has 0 unspecified atom stereocenters. The smallest absolute Gasteiger partial charge is 0.102 e. The molecule has 3 nitrogen and oxygen atoms in total. The van der Waals surface area contributed by atoms with Gasteiger partial charge in [0, 0.05) is 24.5 Å². The largest absolute Gasteiger partial charge is 0.339 e. The molecular weight excluding hydrogens is 222 g/mol. The molecule has 0 saturated carbocycles. The third-order valence-corrected chi connectivity index (χ3v) is 3.39. The summed E-state index contributed by atoms with van der Waals surface area (Å²) in [5.74, 6) is 0. The number of allylic oxidation sites excluding steroid dienone is 1. The molecule has 0 radical (unpaired) electrons. The molecule has 0 amide bonds. The van der Waals surface area contributed by atoms with E-state index in [0.29, 0.717) is 0 Å². The Morgan fingerprint density at radius 1 is 1.44 bits per heavy atom. The zero-order valence-corrected chi connectivity index (χ0v) is 10.2. The Kier molecular flexibility index (Phi) is 2.49. The quantitative estimate of drug-likeness (QED) is 0.762. The van der Waals surface area contributed by atoms with Crippen LogP contribution < -0.4 is 0 Å². The van der Waals surface area contributed by atoms with Gasteiger partial charge < -0.3 is 4.57 Å². The zero-order chi connectivity index (χ0) is 12.5. The summed E-state index contributed by atoms with van der Waals surface area (Å²) in [5, 5.41) is 9.32. The number of pyridine rings is 1. The van der Waals surface area contributed by atoms with E-state index in [4.69, 9.17) is 0 Å². The molecule has 0 aliphatic carbocycles. The highest BCUT2D eigenvalue weighted by molar-refractivity contribution is 5.73. The molecule has 0 N–H and O–H groups in total. The molecule has 0 atom stereocenters. The van der Waals surface area contributed by atoms with Gasteiger partial charge in [0.15, 0.2) is 0 Å². The van der Waals surface area contributed by atoms with Crippen molar-refractivity contribution in [2.75, 3.05) is 0 Å². The Hall–Kier alpha value is -2.34. The molecule has 0 spiro atoms. The lowest BCUT2D eigenvalue weighted by Gasteiger charge is -2.14. The number of hydrogen-bond donors (Lipinski definition) is 0. The molecule has 0 bridgehead atoms. The monoisotopic (exact) mass is 235 g/mol. The number of rotatable bonds is 1.